The van der Waals surface area contributed by atoms with E-state index in [0.717, 1.165) is 16.8 Å². The van der Waals surface area contributed by atoms with E-state index in [1.165, 1.54) is 5.01 Å². The first-order chi connectivity index (χ1) is 13.7. The molecule has 8 nitrogen and oxygen atoms in total. The third-order valence-corrected chi connectivity index (χ3v) is 4.57. The lowest BCUT2D eigenvalue weighted by Crippen LogP contribution is -2.28. The topological polar surface area (TPSA) is 89.7 Å². The zero-order valence-electron chi connectivity index (χ0n) is 15.4. The lowest BCUT2D eigenvalue weighted by Gasteiger charge is -2.11. The Morgan fingerprint density at radius 3 is 2.75 bits per heavy atom. The number of ether oxygens (including phenoxy) is 1. The summed E-state index contributed by atoms with van der Waals surface area (Å²) in [5.41, 5.74) is 3.63. The molecule has 0 N–H and O–H groups in total. The molecule has 0 fully saturated rings. The van der Waals surface area contributed by atoms with Crippen LogP contribution in [0.2, 0.25) is 0 Å². The molecule has 1 aliphatic heterocycles. The molecule has 1 aliphatic rings. The fourth-order valence-corrected chi connectivity index (χ4v) is 3.09. The number of amides is 1. The van der Waals surface area contributed by atoms with Crippen LogP contribution in [0.4, 0.5) is 0 Å². The van der Waals surface area contributed by atoms with Crippen molar-refractivity contribution in [2.24, 2.45) is 5.10 Å². The van der Waals surface area contributed by atoms with E-state index in [9.17, 15) is 9.59 Å². The highest BCUT2D eigenvalue weighted by Crippen LogP contribution is 2.16. The molecule has 0 saturated heterocycles. The van der Waals surface area contributed by atoms with E-state index in [0.29, 0.717) is 30.6 Å². The van der Waals surface area contributed by atoms with E-state index in [1.54, 1.807) is 22.9 Å². The van der Waals surface area contributed by atoms with Gasteiger partial charge in [0.1, 0.15) is 5.52 Å². The molecule has 0 spiro atoms. The molecule has 28 heavy (non-hydrogen) atoms. The number of fused-ring (bicyclic) bond motifs is 1. The maximum Gasteiger partial charge on any atom is 0.338 e. The zero-order valence-corrected chi connectivity index (χ0v) is 15.4. The smallest absolute Gasteiger partial charge is 0.338 e. The SMILES string of the molecule is CCn1nnc2cc(C(=O)OCC(=O)N3CCC(c4ccccc4)=N3)ccc21. The van der Waals surface area contributed by atoms with Crippen LogP contribution in [-0.4, -0.2) is 50.7 Å². The fourth-order valence-electron chi connectivity index (χ4n) is 3.09. The second-order valence-electron chi connectivity index (χ2n) is 6.36. The average Bonchev–Trinajstić information content (AvgIpc) is 3.39. The van der Waals surface area contributed by atoms with E-state index in [-0.39, 0.29) is 12.5 Å². The predicted molar refractivity (Wildman–Crippen MR) is 103 cm³/mol. The Morgan fingerprint density at radius 2 is 1.96 bits per heavy atom. The lowest BCUT2D eigenvalue weighted by molar-refractivity contribution is -0.134. The number of carbonyl (C=O) groups is 2. The molecule has 0 radical (unpaired) electrons. The molecule has 0 unspecified atom stereocenters. The van der Waals surface area contributed by atoms with Crippen LogP contribution >= 0.6 is 0 Å². The predicted octanol–water partition coefficient (Wildman–Crippen LogP) is 2.24. The van der Waals surface area contributed by atoms with E-state index < -0.39 is 5.97 Å². The van der Waals surface area contributed by atoms with Crippen molar-refractivity contribution in [2.45, 2.75) is 19.9 Å². The summed E-state index contributed by atoms with van der Waals surface area (Å²) in [6.07, 6.45) is 0.674. The molecule has 3 aromatic rings. The van der Waals surface area contributed by atoms with Crippen molar-refractivity contribution in [2.75, 3.05) is 13.2 Å². The van der Waals surface area contributed by atoms with Crippen molar-refractivity contribution in [1.82, 2.24) is 20.0 Å². The number of rotatable bonds is 5. The van der Waals surface area contributed by atoms with Crippen LogP contribution in [0.3, 0.4) is 0 Å². The van der Waals surface area contributed by atoms with Crippen molar-refractivity contribution < 1.29 is 14.3 Å². The number of benzene rings is 2. The number of esters is 1. The number of hydrazone groups is 1. The Labute approximate surface area is 161 Å². The molecule has 142 valence electrons. The normalized spacial score (nSPS) is 13.6. The Hall–Kier alpha value is -3.55. The quantitative estimate of drug-likeness (QED) is 0.636. The number of carbonyl (C=O) groups excluding carboxylic acids is 2. The van der Waals surface area contributed by atoms with E-state index in [2.05, 4.69) is 15.4 Å². The summed E-state index contributed by atoms with van der Waals surface area (Å²) in [6.45, 7) is 2.78. The first-order valence-electron chi connectivity index (χ1n) is 9.09. The van der Waals surface area contributed by atoms with Gasteiger partial charge in [-0.1, -0.05) is 35.5 Å². The third-order valence-electron chi connectivity index (χ3n) is 4.57. The highest BCUT2D eigenvalue weighted by molar-refractivity contribution is 6.02. The number of hydrogen-bond donors (Lipinski definition) is 0. The van der Waals surface area contributed by atoms with Crippen LogP contribution in [0.1, 0.15) is 29.3 Å². The number of hydrogen-bond acceptors (Lipinski definition) is 6. The zero-order chi connectivity index (χ0) is 19.5. The summed E-state index contributed by atoms with van der Waals surface area (Å²) < 4.78 is 6.91. The Kier molecular flexibility index (Phi) is 4.84. The average molecular weight is 377 g/mol. The minimum absolute atomic E-state index is 0.332. The number of aromatic nitrogens is 3. The molecular weight excluding hydrogens is 358 g/mol. The van der Waals surface area contributed by atoms with Gasteiger partial charge in [0.15, 0.2) is 6.61 Å². The van der Waals surface area contributed by atoms with Gasteiger partial charge in [0, 0.05) is 13.0 Å². The summed E-state index contributed by atoms with van der Waals surface area (Å²) in [6, 6.07) is 14.7. The van der Waals surface area contributed by atoms with Crippen LogP contribution in [0.25, 0.3) is 11.0 Å². The number of aryl methyl sites for hydroxylation is 1. The van der Waals surface area contributed by atoms with Crippen molar-refractivity contribution >= 4 is 28.6 Å². The van der Waals surface area contributed by atoms with Crippen molar-refractivity contribution in [3.8, 4) is 0 Å². The third kappa shape index (κ3) is 3.48. The van der Waals surface area contributed by atoms with Gasteiger partial charge < -0.3 is 4.74 Å². The highest BCUT2D eigenvalue weighted by Gasteiger charge is 2.23. The Balaban J connectivity index is 1.38. The van der Waals surface area contributed by atoms with Crippen LogP contribution in [0.15, 0.2) is 53.6 Å². The van der Waals surface area contributed by atoms with Crippen molar-refractivity contribution in [3.05, 3.63) is 59.7 Å². The minimum Gasteiger partial charge on any atom is -0.452 e. The lowest BCUT2D eigenvalue weighted by atomic mass is 10.1. The number of nitrogens with zero attached hydrogens (tertiary/aromatic N) is 5. The molecule has 1 aromatic heterocycles. The molecular formula is C20H19N5O3. The summed E-state index contributed by atoms with van der Waals surface area (Å²) in [4.78, 5) is 24.6. The van der Waals surface area contributed by atoms with Gasteiger partial charge in [-0.25, -0.2) is 14.5 Å². The summed E-state index contributed by atoms with van der Waals surface area (Å²) in [7, 11) is 0. The minimum atomic E-state index is -0.576. The van der Waals surface area contributed by atoms with Gasteiger partial charge in [-0.15, -0.1) is 5.10 Å². The van der Waals surface area contributed by atoms with Gasteiger partial charge >= 0.3 is 5.97 Å². The maximum absolute atomic E-state index is 12.3. The maximum atomic E-state index is 12.3. The first kappa shape index (κ1) is 17.8. The highest BCUT2D eigenvalue weighted by atomic mass is 16.5. The molecule has 8 heteroatoms. The molecule has 0 aliphatic carbocycles. The summed E-state index contributed by atoms with van der Waals surface area (Å²) in [5, 5.41) is 13.8. The van der Waals surface area contributed by atoms with Crippen molar-refractivity contribution in [1.29, 1.82) is 0 Å². The molecule has 0 saturated carbocycles. The molecule has 0 atom stereocenters. The standard InChI is InChI=1S/C20H19N5O3/c1-2-24-18-9-8-15(12-17(18)21-23-24)20(27)28-13-19(26)25-11-10-16(22-25)14-6-4-3-5-7-14/h3-9,12H,2,10-11,13H2,1H3. The van der Waals surface area contributed by atoms with Crippen molar-refractivity contribution in [3.63, 3.8) is 0 Å². The second-order valence-corrected chi connectivity index (χ2v) is 6.36. The van der Waals surface area contributed by atoms with Crippen LogP contribution in [0, 0.1) is 0 Å². The van der Waals surface area contributed by atoms with Gasteiger partial charge in [-0.3, -0.25) is 4.79 Å². The summed E-state index contributed by atoms with van der Waals surface area (Å²) in [5.74, 6) is -0.926. The Morgan fingerprint density at radius 1 is 1.14 bits per heavy atom. The largest absolute Gasteiger partial charge is 0.452 e. The van der Waals surface area contributed by atoms with Gasteiger partial charge in [-0.2, -0.15) is 5.10 Å². The van der Waals surface area contributed by atoms with Gasteiger partial charge in [-0.05, 0) is 30.7 Å². The molecule has 2 heterocycles. The molecule has 1 amide bonds. The van der Waals surface area contributed by atoms with Crippen LogP contribution in [0.5, 0.6) is 0 Å². The Bertz CT molecular complexity index is 1060. The second kappa shape index (κ2) is 7.59. The van der Waals surface area contributed by atoms with Crippen LogP contribution in [-0.2, 0) is 16.1 Å². The molecule has 2 aromatic carbocycles. The van der Waals surface area contributed by atoms with Gasteiger partial charge in [0.2, 0.25) is 0 Å². The molecule has 4 rings (SSSR count). The molecule has 0 bridgehead atoms. The summed E-state index contributed by atoms with van der Waals surface area (Å²) >= 11 is 0. The van der Waals surface area contributed by atoms with Gasteiger partial charge in [0.05, 0.1) is 23.3 Å². The van der Waals surface area contributed by atoms with Crippen LogP contribution < -0.4 is 0 Å². The van der Waals surface area contributed by atoms with E-state index >= 15 is 0 Å². The monoisotopic (exact) mass is 377 g/mol. The first-order valence-corrected chi connectivity index (χ1v) is 9.09. The van der Waals surface area contributed by atoms with E-state index in [1.807, 2.05) is 37.3 Å². The fraction of sp³-hybridized carbons (Fsp3) is 0.250. The van der Waals surface area contributed by atoms with Gasteiger partial charge in [0.25, 0.3) is 5.91 Å². The van der Waals surface area contributed by atoms with E-state index in [4.69, 9.17) is 4.74 Å².